The van der Waals surface area contributed by atoms with Crippen LogP contribution in [-0.4, -0.2) is 50.4 Å². The Hall–Kier alpha value is -4.11. The molecule has 5 rings (SSSR count). The molecule has 0 aliphatic heterocycles. The van der Waals surface area contributed by atoms with E-state index in [0.717, 1.165) is 0 Å². The highest BCUT2D eigenvalue weighted by molar-refractivity contribution is 6.06. The Kier molecular flexibility index (Phi) is 6.00. The van der Waals surface area contributed by atoms with Crippen molar-refractivity contribution in [1.29, 1.82) is 0 Å². The third-order valence-corrected chi connectivity index (χ3v) is 5.97. The van der Waals surface area contributed by atoms with E-state index in [9.17, 15) is 9.59 Å². The minimum atomic E-state index is -0.423. The zero-order valence-electron chi connectivity index (χ0n) is 19.8. The van der Waals surface area contributed by atoms with Gasteiger partial charge >= 0.3 is 5.97 Å². The first-order valence-corrected chi connectivity index (χ1v) is 11.5. The molecule has 5 aromatic rings. The summed E-state index contributed by atoms with van der Waals surface area (Å²) in [6, 6.07) is 14.5. The summed E-state index contributed by atoms with van der Waals surface area (Å²) in [5.41, 5.74) is 3.88. The average Bonchev–Trinajstić information content (AvgIpc) is 3.19. The SMILES string of the molecule is CCOCCCn1c(C)nc2c(c1=O)c1nc3ccccc3nc1n2-c1ccc(C(=O)OC)cc1. The predicted molar refractivity (Wildman–Crippen MR) is 133 cm³/mol. The normalized spacial score (nSPS) is 11.5. The van der Waals surface area contributed by atoms with Crippen LogP contribution in [0.2, 0.25) is 0 Å². The second kappa shape index (κ2) is 9.27. The third kappa shape index (κ3) is 3.93. The standard InChI is InChI=1S/C26H25N5O4/c1-4-35-15-7-14-30-16(2)27-23-21(25(30)32)22-24(29-20-9-6-5-8-19(20)28-22)31(23)18-12-10-17(11-13-18)26(33)34-3/h5-6,8-13H,4,7,14-15H2,1-3H3. The molecular weight excluding hydrogens is 446 g/mol. The van der Waals surface area contributed by atoms with Crippen molar-refractivity contribution in [3.63, 3.8) is 0 Å². The Labute approximate surface area is 201 Å². The number of benzene rings is 2. The van der Waals surface area contributed by atoms with E-state index in [1.165, 1.54) is 7.11 Å². The van der Waals surface area contributed by atoms with Gasteiger partial charge in [0.2, 0.25) is 0 Å². The number of aromatic nitrogens is 5. The monoisotopic (exact) mass is 471 g/mol. The van der Waals surface area contributed by atoms with Gasteiger partial charge in [0, 0.05) is 25.4 Å². The summed E-state index contributed by atoms with van der Waals surface area (Å²) in [4.78, 5) is 40.1. The number of hydrogen-bond acceptors (Lipinski definition) is 7. The number of ether oxygens (including phenoxy) is 2. The van der Waals surface area contributed by atoms with Crippen LogP contribution >= 0.6 is 0 Å². The van der Waals surface area contributed by atoms with E-state index in [1.807, 2.05) is 42.7 Å². The fraction of sp³-hybridized carbons (Fsp3) is 0.269. The van der Waals surface area contributed by atoms with Crippen LogP contribution < -0.4 is 5.56 Å². The quantitative estimate of drug-likeness (QED) is 0.263. The number of methoxy groups -OCH3 is 1. The summed E-state index contributed by atoms with van der Waals surface area (Å²) in [7, 11) is 1.34. The molecule has 0 atom stereocenters. The zero-order chi connectivity index (χ0) is 24.5. The van der Waals surface area contributed by atoms with E-state index in [4.69, 9.17) is 24.4 Å². The van der Waals surface area contributed by atoms with Gasteiger partial charge in [-0.3, -0.25) is 13.9 Å². The molecule has 0 aliphatic carbocycles. The van der Waals surface area contributed by atoms with Gasteiger partial charge in [0.1, 0.15) is 16.7 Å². The number of hydrogen-bond donors (Lipinski definition) is 0. The van der Waals surface area contributed by atoms with Crippen LogP contribution in [0.3, 0.4) is 0 Å². The molecule has 0 N–H and O–H groups in total. The van der Waals surface area contributed by atoms with Crippen molar-refractivity contribution in [2.75, 3.05) is 20.3 Å². The zero-order valence-corrected chi connectivity index (χ0v) is 19.8. The molecule has 0 aliphatic rings. The van der Waals surface area contributed by atoms with E-state index in [0.29, 0.717) is 76.5 Å². The van der Waals surface area contributed by atoms with Gasteiger partial charge < -0.3 is 9.47 Å². The van der Waals surface area contributed by atoms with E-state index < -0.39 is 5.97 Å². The fourth-order valence-corrected chi connectivity index (χ4v) is 4.27. The number of aryl methyl sites for hydroxylation is 1. The third-order valence-electron chi connectivity index (χ3n) is 5.97. The van der Waals surface area contributed by atoms with Crippen LogP contribution in [0.4, 0.5) is 0 Å². The first-order valence-electron chi connectivity index (χ1n) is 11.5. The van der Waals surface area contributed by atoms with Crippen molar-refractivity contribution in [2.24, 2.45) is 0 Å². The summed E-state index contributed by atoms with van der Waals surface area (Å²) in [6.45, 7) is 5.46. The molecule has 9 heteroatoms. The molecule has 178 valence electrons. The molecule has 0 saturated heterocycles. The van der Waals surface area contributed by atoms with Crippen LogP contribution in [0.25, 0.3) is 38.9 Å². The minimum absolute atomic E-state index is 0.163. The highest BCUT2D eigenvalue weighted by atomic mass is 16.5. The van der Waals surface area contributed by atoms with Crippen LogP contribution in [-0.2, 0) is 16.0 Å². The molecule has 3 aromatic heterocycles. The predicted octanol–water partition coefficient (Wildman–Crippen LogP) is 3.81. The second-order valence-electron chi connectivity index (χ2n) is 8.12. The maximum atomic E-state index is 13.7. The largest absolute Gasteiger partial charge is 0.465 e. The van der Waals surface area contributed by atoms with E-state index in [-0.39, 0.29) is 5.56 Å². The molecule has 9 nitrogen and oxygen atoms in total. The van der Waals surface area contributed by atoms with Gasteiger partial charge in [-0.05, 0) is 56.7 Å². The van der Waals surface area contributed by atoms with Crippen molar-refractivity contribution in [3.8, 4) is 5.69 Å². The molecule has 2 aromatic carbocycles. The Balaban J connectivity index is 1.78. The molecule has 0 fully saturated rings. The Morgan fingerprint density at radius 2 is 1.69 bits per heavy atom. The van der Waals surface area contributed by atoms with Crippen LogP contribution in [0.15, 0.2) is 53.3 Å². The van der Waals surface area contributed by atoms with Crippen molar-refractivity contribution in [1.82, 2.24) is 24.1 Å². The number of fused-ring (bicyclic) bond motifs is 4. The molecule has 0 amide bonds. The lowest BCUT2D eigenvalue weighted by Crippen LogP contribution is -2.24. The second-order valence-corrected chi connectivity index (χ2v) is 8.12. The molecule has 3 heterocycles. The lowest BCUT2D eigenvalue weighted by Gasteiger charge is -2.11. The summed E-state index contributed by atoms with van der Waals surface area (Å²) in [5.74, 6) is 0.173. The summed E-state index contributed by atoms with van der Waals surface area (Å²) >= 11 is 0. The van der Waals surface area contributed by atoms with E-state index >= 15 is 0 Å². The highest BCUT2D eigenvalue weighted by Gasteiger charge is 2.22. The number of esters is 1. The van der Waals surface area contributed by atoms with Gasteiger partial charge in [0.25, 0.3) is 5.56 Å². The van der Waals surface area contributed by atoms with Crippen LogP contribution in [0.5, 0.6) is 0 Å². The minimum Gasteiger partial charge on any atom is -0.465 e. The lowest BCUT2D eigenvalue weighted by molar-refractivity contribution is 0.0600. The molecule has 0 radical (unpaired) electrons. The Bertz CT molecular complexity index is 1620. The van der Waals surface area contributed by atoms with Gasteiger partial charge in [0.15, 0.2) is 11.3 Å². The van der Waals surface area contributed by atoms with E-state index in [1.54, 1.807) is 28.8 Å². The van der Waals surface area contributed by atoms with Crippen molar-refractivity contribution in [3.05, 3.63) is 70.3 Å². The molecule has 35 heavy (non-hydrogen) atoms. The smallest absolute Gasteiger partial charge is 0.337 e. The van der Waals surface area contributed by atoms with Crippen molar-refractivity contribution >= 4 is 39.2 Å². The van der Waals surface area contributed by atoms with Crippen LogP contribution in [0, 0.1) is 6.92 Å². The molecule has 0 saturated carbocycles. The Morgan fingerprint density at radius 3 is 2.37 bits per heavy atom. The van der Waals surface area contributed by atoms with Crippen LogP contribution in [0.1, 0.15) is 29.5 Å². The topological polar surface area (TPSA) is 101 Å². The Morgan fingerprint density at radius 1 is 0.971 bits per heavy atom. The van der Waals surface area contributed by atoms with E-state index in [2.05, 4.69) is 0 Å². The molecule has 0 unspecified atom stereocenters. The van der Waals surface area contributed by atoms with Gasteiger partial charge in [-0.25, -0.2) is 19.7 Å². The first-order chi connectivity index (χ1) is 17.0. The number of carbonyl (C=O) groups is 1. The average molecular weight is 472 g/mol. The maximum absolute atomic E-state index is 13.7. The summed E-state index contributed by atoms with van der Waals surface area (Å²) < 4.78 is 13.7. The highest BCUT2D eigenvalue weighted by Crippen LogP contribution is 2.29. The van der Waals surface area contributed by atoms with Gasteiger partial charge in [0.05, 0.1) is 23.7 Å². The maximum Gasteiger partial charge on any atom is 0.337 e. The van der Waals surface area contributed by atoms with Gasteiger partial charge in [-0.15, -0.1) is 0 Å². The van der Waals surface area contributed by atoms with Crippen molar-refractivity contribution in [2.45, 2.75) is 26.8 Å². The number of carbonyl (C=O) groups excluding carboxylic acids is 1. The van der Waals surface area contributed by atoms with Gasteiger partial charge in [-0.2, -0.15) is 0 Å². The number of nitrogens with zero attached hydrogens (tertiary/aromatic N) is 5. The lowest BCUT2D eigenvalue weighted by atomic mass is 10.2. The summed E-state index contributed by atoms with van der Waals surface area (Å²) in [5, 5.41) is 0.414. The summed E-state index contributed by atoms with van der Waals surface area (Å²) in [6.07, 6.45) is 0.698. The first kappa shape index (κ1) is 22.7. The number of para-hydroxylation sites is 2. The molecule has 0 spiro atoms. The van der Waals surface area contributed by atoms with Gasteiger partial charge in [-0.1, -0.05) is 12.1 Å². The fourth-order valence-electron chi connectivity index (χ4n) is 4.27. The van der Waals surface area contributed by atoms with Crippen molar-refractivity contribution < 1.29 is 14.3 Å². The molecule has 0 bridgehead atoms. The molecular formula is C26H25N5O4. The number of rotatable bonds is 7.